The summed E-state index contributed by atoms with van der Waals surface area (Å²) in [6, 6.07) is 8.20. The van der Waals surface area contributed by atoms with E-state index in [1.165, 1.54) is 38.2 Å². The fraction of sp³-hybridized carbons (Fsp3) is 0.385. The Morgan fingerprint density at radius 1 is 1.00 bits per heavy atom. The van der Waals surface area contributed by atoms with E-state index >= 15 is 0 Å². The highest BCUT2D eigenvalue weighted by Crippen LogP contribution is 2.35. The van der Waals surface area contributed by atoms with Gasteiger partial charge in [0.25, 0.3) is 0 Å². The van der Waals surface area contributed by atoms with Crippen LogP contribution >= 0.6 is 0 Å². The Labute approximate surface area is 181 Å². The van der Waals surface area contributed by atoms with Crippen molar-refractivity contribution < 1.29 is 8.83 Å². The molecule has 1 fully saturated rings. The van der Waals surface area contributed by atoms with Crippen molar-refractivity contribution in [3.05, 3.63) is 63.3 Å². The van der Waals surface area contributed by atoms with E-state index in [-0.39, 0.29) is 5.63 Å². The maximum absolute atomic E-state index is 12.3. The Bertz CT molecular complexity index is 1330. The molecule has 1 saturated carbocycles. The molecular weight excluding hydrogens is 388 g/mol. The zero-order chi connectivity index (χ0) is 21.5. The highest BCUT2D eigenvalue weighted by atomic mass is 16.4. The first-order valence-electron chi connectivity index (χ1n) is 11.2. The van der Waals surface area contributed by atoms with Gasteiger partial charge in [-0.25, -0.2) is 4.79 Å². The van der Waals surface area contributed by atoms with Crippen LogP contribution < -0.4 is 10.9 Å². The number of nitrogens with zero attached hydrogens (tertiary/aromatic N) is 1. The summed E-state index contributed by atoms with van der Waals surface area (Å²) in [7, 11) is 0. The monoisotopic (exact) mass is 416 g/mol. The van der Waals surface area contributed by atoms with Crippen LogP contribution in [0, 0.1) is 20.8 Å². The van der Waals surface area contributed by atoms with E-state index in [2.05, 4.69) is 16.4 Å². The molecule has 0 saturated heterocycles. The molecule has 5 rings (SSSR count). The number of benzene rings is 1. The number of pyridine rings is 1. The highest BCUT2D eigenvalue weighted by molar-refractivity contribution is 5.97. The molecule has 1 N–H and O–H groups in total. The molecule has 3 aromatic heterocycles. The van der Waals surface area contributed by atoms with Crippen LogP contribution in [0.1, 0.15) is 54.5 Å². The van der Waals surface area contributed by atoms with Crippen molar-refractivity contribution in [2.24, 2.45) is 0 Å². The first kappa shape index (κ1) is 20.0. The lowest BCUT2D eigenvalue weighted by molar-refractivity contribution is 0.372. The van der Waals surface area contributed by atoms with Gasteiger partial charge >= 0.3 is 5.63 Å². The molecule has 0 spiro atoms. The molecule has 0 unspecified atom stereocenters. The second-order valence-electron chi connectivity index (χ2n) is 8.80. The number of hydrogen-bond donors (Lipinski definition) is 1. The normalized spacial score (nSPS) is 15.2. The smallest absolute Gasteiger partial charge is 0.336 e. The zero-order valence-corrected chi connectivity index (χ0v) is 18.4. The number of fused-ring (bicyclic) bond motifs is 2. The quantitative estimate of drug-likeness (QED) is 0.416. The predicted molar refractivity (Wildman–Crippen MR) is 123 cm³/mol. The Balaban J connectivity index is 1.59. The van der Waals surface area contributed by atoms with Gasteiger partial charge in [0.1, 0.15) is 11.3 Å². The topological polar surface area (TPSA) is 68.3 Å². The third-order valence-electron chi connectivity index (χ3n) is 6.70. The number of nitrogens with one attached hydrogen (secondary N) is 1. The minimum atomic E-state index is -0.370. The molecule has 0 atom stereocenters. The van der Waals surface area contributed by atoms with E-state index < -0.39 is 0 Å². The number of rotatable bonds is 4. The van der Waals surface area contributed by atoms with Crippen LogP contribution in [0.15, 0.2) is 44.1 Å². The maximum atomic E-state index is 12.3. The third kappa shape index (κ3) is 3.68. The minimum Gasteiger partial charge on any atom is -0.454 e. The van der Waals surface area contributed by atoms with Crippen LogP contribution in [-0.2, 0) is 6.54 Å². The Hall–Kier alpha value is -2.92. The summed E-state index contributed by atoms with van der Waals surface area (Å²) in [6.07, 6.45) is 8.37. The molecule has 0 aliphatic heterocycles. The summed E-state index contributed by atoms with van der Waals surface area (Å²) in [5, 5.41) is 5.64. The van der Waals surface area contributed by atoms with Gasteiger partial charge in [0, 0.05) is 41.2 Å². The molecule has 1 aliphatic rings. The number of furan rings is 1. The van der Waals surface area contributed by atoms with Crippen molar-refractivity contribution in [3.8, 4) is 11.3 Å². The Kier molecular flexibility index (Phi) is 5.14. The minimum absolute atomic E-state index is 0.370. The molecule has 1 aliphatic carbocycles. The number of aromatic nitrogens is 1. The van der Waals surface area contributed by atoms with Gasteiger partial charge in [-0.1, -0.05) is 31.4 Å². The number of hydrogen-bond acceptors (Lipinski definition) is 5. The molecule has 1 aromatic carbocycles. The lowest BCUT2D eigenvalue weighted by Crippen LogP contribution is -2.30. The predicted octanol–water partition coefficient (Wildman–Crippen LogP) is 5.95. The van der Waals surface area contributed by atoms with Gasteiger partial charge in [-0.3, -0.25) is 4.98 Å². The molecule has 0 radical (unpaired) electrons. The largest absolute Gasteiger partial charge is 0.454 e. The van der Waals surface area contributed by atoms with Crippen LogP contribution in [0.4, 0.5) is 0 Å². The van der Waals surface area contributed by atoms with Crippen molar-refractivity contribution in [1.82, 2.24) is 10.3 Å². The lowest BCUT2D eigenvalue weighted by Gasteiger charge is -2.22. The molecule has 160 valence electrons. The Morgan fingerprint density at radius 2 is 1.81 bits per heavy atom. The summed E-state index contributed by atoms with van der Waals surface area (Å²) in [5.74, 6) is 0.672. The Morgan fingerprint density at radius 3 is 2.61 bits per heavy atom. The van der Waals surface area contributed by atoms with Crippen LogP contribution in [0.5, 0.6) is 0 Å². The summed E-state index contributed by atoms with van der Waals surface area (Å²) in [4.78, 5) is 16.9. The molecule has 0 bridgehead atoms. The van der Waals surface area contributed by atoms with E-state index in [1.54, 1.807) is 0 Å². The van der Waals surface area contributed by atoms with Crippen molar-refractivity contribution >= 4 is 21.9 Å². The highest BCUT2D eigenvalue weighted by Gasteiger charge is 2.18. The van der Waals surface area contributed by atoms with Crippen molar-refractivity contribution in [2.75, 3.05) is 0 Å². The van der Waals surface area contributed by atoms with Gasteiger partial charge < -0.3 is 14.2 Å². The molecule has 5 nitrogen and oxygen atoms in total. The molecule has 31 heavy (non-hydrogen) atoms. The molecule has 5 heteroatoms. The van der Waals surface area contributed by atoms with E-state index in [4.69, 9.17) is 8.83 Å². The second kappa shape index (κ2) is 7.97. The fourth-order valence-electron chi connectivity index (χ4n) is 4.70. The average molecular weight is 417 g/mol. The average Bonchev–Trinajstić information content (AvgIpc) is 3.23. The summed E-state index contributed by atoms with van der Waals surface area (Å²) in [5.41, 5.74) is 5.83. The first-order valence-corrected chi connectivity index (χ1v) is 11.2. The summed E-state index contributed by atoms with van der Waals surface area (Å²) in [6.45, 7) is 6.72. The van der Waals surface area contributed by atoms with E-state index in [0.717, 1.165) is 50.8 Å². The standard InChI is InChI=1S/C26H28N2O3/c1-15-9-10-20-22(12-24(29)31-25(20)16(15)2)23-11-21-18(13-27-17(3)26(21)30-23)14-28-19-7-5-4-6-8-19/h9-13,19,28H,4-8,14H2,1-3H3. The van der Waals surface area contributed by atoms with Crippen LogP contribution in [0.3, 0.4) is 0 Å². The maximum Gasteiger partial charge on any atom is 0.336 e. The van der Waals surface area contributed by atoms with Crippen LogP contribution in [0.2, 0.25) is 0 Å². The number of aryl methyl sites for hydroxylation is 3. The van der Waals surface area contributed by atoms with Gasteiger partial charge in [0.15, 0.2) is 5.58 Å². The van der Waals surface area contributed by atoms with Gasteiger partial charge in [-0.15, -0.1) is 0 Å². The summed E-state index contributed by atoms with van der Waals surface area (Å²) >= 11 is 0. The zero-order valence-electron chi connectivity index (χ0n) is 18.4. The van der Waals surface area contributed by atoms with Crippen LogP contribution in [0.25, 0.3) is 33.3 Å². The SMILES string of the molecule is Cc1ccc2c(-c3cc4c(CNC5CCCCC5)cnc(C)c4o3)cc(=O)oc2c1C. The van der Waals surface area contributed by atoms with Gasteiger partial charge in [0.2, 0.25) is 0 Å². The first-order chi connectivity index (χ1) is 15.0. The summed E-state index contributed by atoms with van der Waals surface area (Å²) < 4.78 is 11.8. The van der Waals surface area contributed by atoms with E-state index in [0.29, 0.717) is 17.4 Å². The second-order valence-corrected chi connectivity index (χ2v) is 8.80. The third-order valence-corrected chi connectivity index (χ3v) is 6.70. The molecule has 3 heterocycles. The van der Waals surface area contributed by atoms with Crippen LogP contribution in [-0.4, -0.2) is 11.0 Å². The lowest BCUT2D eigenvalue weighted by atomic mass is 9.95. The molecule has 4 aromatic rings. The van der Waals surface area contributed by atoms with Gasteiger partial charge in [-0.2, -0.15) is 0 Å². The van der Waals surface area contributed by atoms with Gasteiger partial charge in [-0.05, 0) is 56.4 Å². The fourth-order valence-corrected chi connectivity index (χ4v) is 4.70. The van der Waals surface area contributed by atoms with Crippen molar-refractivity contribution in [2.45, 2.75) is 65.5 Å². The molecule has 0 amide bonds. The van der Waals surface area contributed by atoms with Gasteiger partial charge in [0.05, 0.1) is 5.69 Å². The van der Waals surface area contributed by atoms with Crippen molar-refractivity contribution in [3.63, 3.8) is 0 Å². The molecular formula is C26H28N2O3. The van der Waals surface area contributed by atoms with E-state index in [9.17, 15) is 4.79 Å². The van der Waals surface area contributed by atoms with E-state index in [1.807, 2.05) is 39.1 Å². The van der Waals surface area contributed by atoms with Crippen molar-refractivity contribution in [1.29, 1.82) is 0 Å².